The van der Waals surface area contributed by atoms with Gasteiger partial charge >= 0.3 is 5.97 Å². The lowest BCUT2D eigenvalue weighted by molar-refractivity contribution is -0.00519. The van der Waals surface area contributed by atoms with Gasteiger partial charge in [0.1, 0.15) is 5.56 Å². The number of hydrogen-bond donors (Lipinski definition) is 2. The highest BCUT2D eigenvalue weighted by atomic mass is 16.5. The van der Waals surface area contributed by atoms with Crippen LogP contribution in [0.25, 0.3) is 10.9 Å². The molecule has 3 N–H and O–H groups in total. The predicted octanol–water partition coefficient (Wildman–Crippen LogP) is 2.54. The molecule has 2 heterocycles. The molecule has 0 unspecified atom stereocenters. The van der Waals surface area contributed by atoms with Crippen molar-refractivity contribution < 1.29 is 14.6 Å². The van der Waals surface area contributed by atoms with Crippen LogP contribution < -0.4 is 16.1 Å². The summed E-state index contributed by atoms with van der Waals surface area (Å²) >= 11 is 0. The molecule has 27 heavy (non-hydrogen) atoms. The van der Waals surface area contributed by atoms with E-state index in [4.69, 9.17) is 10.5 Å². The first-order chi connectivity index (χ1) is 12.8. The van der Waals surface area contributed by atoms with E-state index >= 15 is 0 Å². The first-order valence-corrected chi connectivity index (χ1v) is 9.39. The number of carboxylic acid groups (broad SMARTS) is 1. The van der Waals surface area contributed by atoms with Gasteiger partial charge in [-0.05, 0) is 45.2 Å². The Bertz CT molecular complexity index is 983. The lowest BCUT2D eigenvalue weighted by Crippen LogP contribution is -2.46. The third kappa shape index (κ3) is 2.96. The fourth-order valence-electron chi connectivity index (χ4n) is 4.31. The highest BCUT2D eigenvalue weighted by molar-refractivity contribution is 5.98. The molecule has 0 spiro atoms. The van der Waals surface area contributed by atoms with E-state index in [-0.39, 0.29) is 23.8 Å². The van der Waals surface area contributed by atoms with Gasteiger partial charge in [0.05, 0.1) is 29.1 Å². The number of nitrogen functional groups attached to an aromatic ring is 1. The number of nitrogens with zero attached hydrogens (tertiary/aromatic N) is 2. The lowest BCUT2D eigenvalue weighted by atomic mass is 10.0. The number of fused-ring (bicyclic) bond motifs is 1. The first kappa shape index (κ1) is 17.9. The molecule has 2 fully saturated rings. The van der Waals surface area contributed by atoms with Gasteiger partial charge in [0.2, 0.25) is 5.43 Å². The van der Waals surface area contributed by atoms with Crippen molar-refractivity contribution in [1.29, 1.82) is 0 Å². The standard InChI is InChI=1S/C20H25N3O4/c1-10-7-22(8-11(2)27-10)18-12(3)17-14(6-16(18)21)19(24)15(20(25)26)9-23(17)13-4-5-13/h6,9-11,13H,4-5,7-8,21H2,1-3H3,(H,25,26)/t10-,11+. The van der Waals surface area contributed by atoms with E-state index in [0.717, 1.165) is 42.7 Å². The molecule has 1 aliphatic heterocycles. The quantitative estimate of drug-likeness (QED) is 0.805. The summed E-state index contributed by atoms with van der Waals surface area (Å²) in [6, 6.07) is 1.89. The Morgan fingerprint density at radius 2 is 1.89 bits per heavy atom. The van der Waals surface area contributed by atoms with Gasteiger partial charge in [-0.25, -0.2) is 4.79 Å². The number of anilines is 2. The minimum absolute atomic E-state index is 0.0864. The number of carbonyl (C=O) groups is 1. The Kier molecular flexibility index (Phi) is 4.14. The zero-order valence-corrected chi connectivity index (χ0v) is 15.9. The molecule has 1 aromatic heterocycles. The minimum atomic E-state index is -1.20. The average Bonchev–Trinajstić information content (AvgIpc) is 3.39. The van der Waals surface area contributed by atoms with E-state index < -0.39 is 11.4 Å². The third-order valence-electron chi connectivity index (χ3n) is 5.46. The van der Waals surface area contributed by atoms with Gasteiger partial charge in [0, 0.05) is 30.7 Å². The number of aromatic nitrogens is 1. The van der Waals surface area contributed by atoms with Crippen LogP contribution in [0.4, 0.5) is 11.4 Å². The molecular formula is C20H25N3O4. The monoisotopic (exact) mass is 371 g/mol. The van der Waals surface area contributed by atoms with Crippen molar-refractivity contribution in [2.45, 2.75) is 51.9 Å². The Hall–Kier alpha value is -2.54. The van der Waals surface area contributed by atoms with Gasteiger partial charge < -0.3 is 25.0 Å². The summed E-state index contributed by atoms with van der Waals surface area (Å²) in [5.41, 5.74) is 8.84. The predicted molar refractivity (Wildman–Crippen MR) is 105 cm³/mol. The highest BCUT2D eigenvalue weighted by Gasteiger charge is 2.30. The van der Waals surface area contributed by atoms with Crippen molar-refractivity contribution in [2.75, 3.05) is 23.7 Å². The number of aromatic carboxylic acids is 1. The number of pyridine rings is 1. The van der Waals surface area contributed by atoms with Crippen LogP contribution in [0.2, 0.25) is 0 Å². The summed E-state index contributed by atoms with van der Waals surface area (Å²) in [4.78, 5) is 26.5. The summed E-state index contributed by atoms with van der Waals surface area (Å²) < 4.78 is 7.80. The molecule has 7 nitrogen and oxygen atoms in total. The normalized spacial score (nSPS) is 23.0. The van der Waals surface area contributed by atoms with E-state index in [1.807, 2.05) is 25.3 Å². The van der Waals surface area contributed by atoms with Crippen LogP contribution >= 0.6 is 0 Å². The van der Waals surface area contributed by atoms with Crippen LogP contribution in [0.15, 0.2) is 17.1 Å². The molecule has 2 atom stereocenters. The molecule has 4 rings (SSSR count). The maximum absolute atomic E-state index is 12.8. The zero-order chi connectivity index (χ0) is 19.5. The van der Waals surface area contributed by atoms with E-state index in [2.05, 4.69) is 4.90 Å². The van der Waals surface area contributed by atoms with Crippen molar-refractivity contribution >= 4 is 28.2 Å². The average molecular weight is 371 g/mol. The van der Waals surface area contributed by atoms with E-state index in [1.54, 1.807) is 6.07 Å². The molecule has 1 aromatic carbocycles. The van der Waals surface area contributed by atoms with Gasteiger partial charge in [-0.15, -0.1) is 0 Å². The second kappa shape index (κ2) is 6.27. The van der Waals surface area contributed by atoms with Gasteiger partial charge in [0.25, 0.3) is 0 Å². The summed E-state index contributed by atoms with van der Waals surface area (Å²) in [7, 11) is 0. The largest absolute Gasteiger partial charge is 0.477 e. The van der Waals surface area contributed by atoms with Crippen LogP contribution in [-0.4, -0.2) is 40.9 Å². The van der Waals surface area contributed by atoms with Crippen molar-refractivity contribution in [2.24, 2.45) is 0 Å². The lowest BCUT2D eigenvalue weighted by Gasteiger charge is -2.38. The fourth-order valence-corrected chi connectivity index (χ4v) is 4.31. The van der Waals surface area contributed by atoms with Gasteiger partial charge in [-0.3, -0.25) is 4.79 Å². The molecule has 0 bridgehead atoms. The number of nitrogens with two attached hydrogens (primary N) is 1. The van der Waals surface area contributed by atoms with Crippen molar-refractivity contribution in [3.63, 3.8) is 0 Å². The van der Waals surface area contributed by atoms with Gasteiger partial charge in [-0.1, -0.05) is 0 Å². The molecule has 0 amide bonds. The van der Waals surface area contributed by atoms with Gasteiger partial charge in [-0.2, -0.15) is 0 Å². The number of ether oxygens (including phenoxy) is 1. The number of hydrogen-bond acceptors (Lipinski definition) is 5. The summed E-state index contributed by atoms with van der Waals surface area (Å²) in [5.74, 6) is -1.20. The SMILES string of the molecule is Cc1c(N2C[C@@H](C)O[C@@H](C)C2)c(N)cc2c(=O)c(C(=O)O)cn(C3CC3)c12. The Morgan fingerprint density at radius 1 is 1.26 bits per heavy atom. The summed E-state index contributed by atoms with van der Waals surface area (Å²) in [6.07, 6.45) is 3.65. The number of benzene rings is 1. The van der Waals surface area contributed by atoms with Crippen LogP contribution in [0.1, 0.15) is 48.7 Å². The fraction of sp³-hybridized carbons (Fsp3) is 0.500. The van der Waals surface area contributed by atoms with Crippen molar-refractivity contribution in [3.8, 4) is 0 Å². The molecule has 1 aliphatic carbocycles. The van der Waals surface area contributed by atoms with E-state index in [0.29, 0.717) is 11.1 Å². The van der Waals surface area contributed by atoms with Crippen molar-refractivity contribution in [1.82, 2.24) is 4.57 Å². The zero-order valence-electron chi connectivity index (χ0n) is 15.9. The summed E-state index contributed by atoms with van der Waals surface area (Å²) in [5, 5.41) is 9.82. The Balaban J connectivity index is 1.98. The van der Waals surface area contributed by atoms with Crippen LogP contribution in [0.3, 0.4) is 0 Å². The molecule has 7 heteroatoms. The van der Waals surface area contributed by atoms with Gasteiger partial charge in [0.15, 0.2) is 0 Å². The highest BCUT2D eigenvalue weighted by Crippen LogP contribution is 2.41. The molecule has 2 aliphatic rings. The minimum Gasteiger partial charge on any atom is -0.477 e. The Morgan fingerprint density at radius 3 is 2.44 bits per heavy atom. The third-order valence-corrected chi connectivity index (χ3v) is 5.46. The maximum Gasteiger partial charge on any atom is 0.341 e. The van der Waals surface area contributed by atoms with Crippen molar-refractivity contribution in [3.05, 3.63) is 33.6 Å². The number of aryl methyl sites for hydroxylation is 1. The van der Waals surface area contributed by atoms with Crippen LogP contribution in [0, 0.1) is 6.92 Å². The molecule has 1 saturated carbocycles. The molecule has 0 radical (unpaired) electrons. The topological polar surface area (TPSA) is 97.8 Å². The molecular weight excluding hydrogens is 346 g/mol. The van der Waals surface area contributed by atoms with E-state index in [9.17, 15) is 14.7 Å². The summed E-state index contributed by atoms with van der Waals surface area (Å²) in [6.45, 7) is 7.49. The number of carboxylic acids is 1. The second-order valence-electron chi connectivity index (χ2n) is 7.81. The molecule has 2 aromatic rings. The first-order valence-electron chi connectivity index (χ1n) is 9.39. The van der Waals surface area contributed by atoms with Crippen LogP contribution in [-0.2, 0) is 4.74 Å². The maximum atomic E-state index is 12.8. The Labute approximate surface area is 157 Å². The molecule has 1 saturated heterocycles. The number of rotatable bonds is 3. The molecule has 144 valence electrons. The smallest absolute Gasteiger partial charge is 0.341 e. The van der Waals surface area contributed by atoms with Crippen LogP contribution in [0.5, 0.6) is 0 Å². The second-order valence-corrected chi connectivity index (χ2v) is 7.81. The number of morpholine rings is 1. The van der Waals surface area contributed by atoms with E-state index in [1.165, 1.54) is 6.20 Å².